The molecule has 0 aliphatic carbocycles. The van der Waals surface area contributed by atoms with Crippen LogP contribution in [0.15, 0.2) is 0 Å². The summed E-state index contributed by atoms with van der Waals surface area (Å²) < 4.78 is 31.4. The molecule has 0 spiro atoms. The highest BCUT2D eigenvalue weighted by molar-refractivity contribution is 5.68. The van der Waals surface area contributed by atoms with Gasteiger partial charge in [0.1, 0.15) is 12.7 Å². The fraction of sp³-hybridized carbons (Fsp3) is 0.750. The van der Waals surface area contributed by atoms with Crippen LogP contribution in [-0.4, -0.2) is 79.5 Å². The second kappa shape index (κ2) is 10.8. The van der Waals surface area contributed by atoms with Gasteiger partial charge in [-0.2, -0.15) is 0 Å². The molecule has 154 valence electrons. The SMILES string of the molecule is CC(=O)OC[C@H]1O[C@@H](OCCO)[C@H](OC(C)=O)[C@@H](OC(C)=O)[C@@H]1OC(C)=O. The van der Waals surface area contributed by atoms with Crippen molar-refractivity contribution < 1.29 is 52.7 Å². The molecule has 1 rings (SSSR count). The van der Waals surface area contributed by atoms with Crippen LogP contribution >= 0.6 is 0 Å². The Bertz CT molecular complexity index is 546. The molecule has 0 aromatic rings. The highest BCUT2D eigenvalue weighted by Crippen LogP contribution is 2.29. The van der Waals surface area contributed by atoms with Crippen LogP contribution in [0, 0.1) is 0 Å². The van der Waals surface area contributed by atoms with Gasteiger partial charge in [-0.25, -0.2) is 0 Å². The number of aliphatic hydroxyl groups is 1. The van der Waals surface area contributed by atoms with E-state index in [4.69, 9.17) is 33.5 Å². The van der Waals surface area contributed by atoms with Crippen LogP contribution < -0.4 is 0 Å². The minimum atomic E-state index is -1.28. The zero-order valence-electron chi connectivity index (χ0n) is 15.5. The molecular formula is C16H24O11. The molecule has 0 amide bonds. The summed E-state index contributed by atoms with van der Waals surface area (Å²) >= 11 is 0. The molecule has 27 heavy (non-hydrogen) atoms. The molecule has 5 atom stereocenters. The fourth-order valence-electron chi connectivity index (χ4n) is 2.49. The average Bonchev–Trinajstić information content (AvgIpc) is 2.54. The summed E-state index contributed by atoms with van der Waals surface area (Å²) in [5, 5.41) is 8.98. The maximum Gasteiger partial charge on any atom is 0.303 e. The second-order valence-electron chi connectivity index (χ2n) is 5.66. The largest absolute Gasteiger partial charge is 0.463 e. The summed E-state index contributed by atoms with van der Waals surface area (Å²) in [6.07, 6.45) is -6.14. The molecule has 0 unspecified atom stereocenters. The third-order valence-corrected chi connectivity index (χ3v) is 3.32. The third-order valence-electron chi connectivity index (χ3n) is 3.32. The zero-order valence-corrected chi connectivity index (χ0v) is 15.5. The molecule has 0 aromatic heterocycles. The van der Waals surface area contributed by atoms with Gasteiger partial charge in [-0.05, 0) is 0 Å². The first-order valence-corrected chi connectivity index (χ1v) is 8.18. The van der Waals surface area contributed by atoms with E-state index in [-0.39, 0.29) is 19.8 Å². The van der Waals surface area contributed by atoms with Gasteiger partial charge >= 0.3 is 23.9 Å². The molecule has 11 nitrogen and oxygen atoms in total. The van der Waals surface area contributed by atoms with Crippen molar-refractivity contribution in [2.24, 2.45) is 0 Å². The van der Waals surface area contributed by atoms with Gasteiger partial charge in [0.15, 0.2) is 24.6 Å². The van der Waals surface area contributed by atoms with E-state index >= 15 is 0 Å². The van der Waals surface area contributed by atoms with Gasteiger partial charge in [-0.1, -0.05) is 0 Å². The van der Waals surface area contributed by atoms with Crippen molar-refractivity contribution in [1.29, 1.82) is 0 Å². The number of hydrogen-bond donors (Lipinski definition) is 1. The van der Waals surface area contributed by atoms with Gasteiger partial charge in [-0.3, -0.25) is 19.2 Å². The lowest BCUT2D eigenvalue weighted by Gasteiger charge is -2.43. The number of carbonyl (C=O) groups excluding carboxylic acids is 4. The fourth-order valence-corrected chi connectivity index (χ4v) is 2.49. The Morgan fingerprint density at radius 1 is 0.815 bits per heavy atom. The molecule has 0 aromatic carbocycles. The van der Waals surface area contributed by atoms with Crippen molar-refractivity contribution >= 4 is 23.9 Å². The predicted molar refractivity (Wildman–Crippen MR) is 85.0 cm³/mol. The Kier molecular flexibility index (Phi) is 9.12. The van der Waals surface area contributed by atoms with Gasteiger partial charge in [0.05, 0.1) is 13.2 Å². The van der Waals surface area contributed by atoms with Crippen LogP contribution in [0.4, 0.5) is 0 Å². The first-order chi connectivity index (χ1) is 12.6. The van der Waals surface area contributed by atoms with Crippen LogP contribution in [-0.2, 0) is 47.6 Å². The summed E-state index contributed by atoms with van der Waals surface area (Å²) in [6.45, 7) is 3.68. The van der Waals surface area contributed by atoms with Crippen LogP contribution in [0.5, 0.6) is 0 Å². The first-order valence-electron chi connectivity index (χ1n) is 8.18. The number of ether oxygens (including phenoxy) is 6. The molecule has 0 radical (unpaired) electrons. The summed E-state index contributed by atoms with van der Waals surface area (Å²) in [5.74, 6) is -2.79. The third kappa shape index (κ3) is 7.49. The standard InChI is InChI=1S/C16H24O11/c1-8(18)23-7-12-13(24-9(2)19)14(25-10(3)20)15(26-11(4)21)16(27-12)22-6-5-17/h12-17H,5-7H2,1-4H3/t12-,13-,14+,15-,16-/m1/s1. The number of hydrogen-bond acceptors (Lipinski definition) is 11. The highest BCUT2D eigenvalue weighted by Gasteiger charge is 2.52. The van der Waals surface area contributed by atoms with Crippen molar-refractivity contribution in [1.82, 2.24) is 0 Å². The maximum atomic E-state index is 11.6. The lowest BCUT2D eigenvalue weighted by atomic mass is 9.98. The number of rotatable bonds is 8. The summed E-state index contributed by atoms with van der Waals surface area (Å²) in [6, 6.07) is 0. The van der Waals surface area contributed by atoms with Gasteiger partial charge in [-0.15, -0.1) is 0 Å². The summed E-state index contributed by atoms with van der Waals surface area (Å²) in [4.78, 5) is 45.7. The van der Waals surface area contributed by atoms with Crippen molar-refractivity contribution in [2.45, 2.75) is 58.4 Å². The van der Waals surface area contributed by atoms with E-state index < -0.39 is 54.6 Å². The van der Waals surface area contributed by atoms with E-state index in [9.17, 15) is 19.2 Å². The maximum absolute atomic E-state index is 11.6. The Labute approximate surface area is 155 Å². The molecular weight excluding hydrogens is 368 g/mol. The van der Waals surface area contributed by atoms with E-state index in [1.165, 1.54) is 6.92 Å². The van der Waals surface area contributed by atoms with E-state index in [0.717, 1.165) is 20.8 Å². The lowest BCUT2D eigenvalue weighted by Crippen LogP contribution is -2.63. The van der Waals surface area contributed by atoms with Gasteiger partial charge in [0.2, 0.25) is 0 Å². The number of carbonyl (C=O) groups is 4. The quantitative estimate of drug-likeness (QED) is 0.404. The second-order valence-corrected chi connectivity index (χ2v) is 5.66. The predicted octanol–water partition coefficient (Wildman–Crippen LogP) is -0.922. The van der Waals surface area contributed by atoms with Gasteiger partial charge in [0.25, 0.3) is 0 Å². The van der Waals surface area contributed by atoms with Crippen LogP contribution in [0.2, 0.25) is 0 Å². The molecule has 1 aliphatic heterocycles. The van der Waals surface area contributed by atoms with E-state index in [2.05, 4.69) is 0 Å². The van der Waals surface area contributed by atoms with Crippen molar-refractivity contribution in [3.63, 3.8) is 0 Å². The normalized spacial score (nSPS) is 27.4. The monoisotopic (exact) mass is 392 g/mol. The molecule has 1 aliphatic rings. The molecule has 0 bridgehead atoms. The van der Waals surface area contributed by atoms with Crippen molar-refractivity contribution in [3.05, 3.63) is 0 Å². The Morgan fingerprint density at radius 3 is 1.81 bits per heavy atom. The van der Waals surface area contributed by atoms with Crippen LogP contribution in [0.3, 0.4) is 0 Å². The highest BCUT2D eigenvalue weighted by atomic mass is 16.7. The lowest BCUT2D eigenvalue weighted by molar-refractivity contribution is -0.308. The Hall–Kier alpha value is -2.24. The average molecular weight is 392 g/mol. The smallest absolute Gasteiger partial charge is 0.303 e. The Morgan fingerprint density at radius 2 is 1.33 bits per heavy atom. The molecule has 1 N–H and O–H groups in total. The summed E-state index contributed by atoms with van der Waals surface area (Å²) in [7, 11) is 0. The summed E-state index contributed by atoms with van der Waals surface area (Å²) in [5.41, 5.74) is 0. The zero-order chi connectivity index (χ0) is 20.6. The van der Waals surface area contributed by atoms with Crippen LogP contribution in [0.25, 0.3) is 0 Å². The molecule has 0 saturated carbocycles. The van der Waals surface area contributed by atoms with Crippen molar-refractivity contribution in [3.8, 4) is 0 Å². The van der Waals surface area contributed by atoms with Crippen molar-refractivity contribution in [2.75, 3.05) is 19.8 Å². The minimum absolute atomic E-state index is 0.173. The van der Waals surface area contributed by atoms with Gasteiger partial charge < -0.3 is 33.5 Å². The number of esters is 4. The first kappa shape index (κ1) is 22.8. The van der Waals surface area contributed by atoms with Gasteiger partial charge in [0, 0.05) is 27.7 Å². The molecule has 1 saturated heterocycles. The van der Waals surface area contributed by atoms with E-state index in [1.54, 1.807) is 0 Å². The van der Waals surface area contributed by atoms with Crippen LogP contribution in [0.1, 0.15) is 27.7 Å². The minimum Gasteiger partial charge on any atom is -0.463 e. The Balaban J connectivity index is 3.22. The topological polar surface area (TPSA) is 144 Å². The molecule has 11 heteroatoms. The molecule has 1 fully saturated rings. The van der Waals surface area contributed by atoms with E-state index in [0.29, 0.717) is 0 Å². The molecule has 1 heterocycles. The van der Waals surface area contributed by atoms with E-state index in [1.807, 2.05) is 0 Å². The number of aliphatic hydroxyl groups excluding tert-OH is 1.